The maximum Gasteiger partial charge on any atom is 0.188 e. The van der Waals surface area contributed by atoms with Gasteiger partial charge in [-0.1, -0.05) is 25.1 Å². The van der Waals surface area contributed by atoms with Gasteiger partial charge in [-0.2, -0.15) is 0 Å². The van der Waals surface area contributed by atoms with Crippen molar-refractivity contribution in [1.29, 1.82) is 0 Å². The van der Waals surface area contributed by atoms with Gasteiger partial charge in [0.2, 0.25) is 0 Å². The Morgan fingerprint density at radius 1 is 1.36 bits per heavy atom. The smallest absolute Gasteiger partial charge is 0.188 e. The molecule has 0 amide bonds. The van der Waals surface area contributed by atoms with E-state index in [1.54, 1.807) is 0 Å². The van der Waals surface area contributed by atoms with Crippen molar-refractivity contribution in [3.8, 4) is 0 Å². The highest BCUT2D eigenvalue weighted by Crippen LogP contribution is 2.31. The summed E-state index contributed by atoms with van der Waals surface area (Å²) in [6, 6.07) is 9.82. The summed E-state index contributed by atoms with van der Waals surface area (Å²) in [4.78, 5) is 9.52. The number of nitrogens with two attached hydrogens (primary N) is 1. The molecule has 140 valence electrons. The van der Waals surface area contributed by atoms with E-state index in [2.05, 4.69) is 58.2 Å². The van der Waals surface area contributed by atoms with Crippen molar-refractivity contribution in [2.45, 2.75) is 45.2 Å². The Hall–Kier alpha value is -1.02. The highest BCUT2D eigenvalue weighted by Gasteiger charge is 2.25. The van der Waals surface area contributed by atoms with E-state index >= 15 is 0 Å². The molecular formula is C19H32IN5. The fourth-order valence-electron chi connectivity index (χ4n) is 4.05. The first-order valence-electron chi connectivity index (χ1n) is 9.31. The lowest BCUT2D eigenvalue weighted by Gasteiger charge is -2.25. The zero-order valence-electron chi connectivity index (χ0n) is 15.4. The standard InChI is InChI=1S/C19H31N5.HI/c1-3-23-11-6-8-17(23)14-22-19(20)21-10-12-24-15(2)13-16-7-4-5-9-18(16)24;/h4-5,7,9,15,17H,3,6,8,10-14H2,1-2H3,(H3,20,21,22);1H. The van der Waals surface area contributed by atoms with E-state index in [0.29, 0.717) is 18.0 Å². The van der Waals surface area contributed by atoms with E-state index in [-0.39, 0.29) is 24.0 Å². The second kappa shape index (κ2) is 9.62. The highest BCUT2D eigenvalue weighted by molar-refractivity contribution is 14.0. The molecule has 2 aliphatic rings. The first kappa shape index (κ1) is 20.3. The second-order valence-electron chi connectivity index (χ2n) is 6.95. The lowest BCUT2D eigenvalue weighted by Crippen LogP contribution is -2.41. The van der Waals surface area contributed by atoms with Gasteiger partial charge in [0.05, 0.1) is 6.54 Å². The van der Waals surface area contributed by atoms with E-state index in [1.165, 1.54) is 30.6 Å². The molecular weight excluding hydrogens is 425 g/mol. The molecule has 0 saturated carbocycles. The maximum atomic E-state index is 6.05. The van der Waals surface area contributed by atoms with E-state index in [9.17, 15) is 0 Å². The van der Waals surface area contributed by atoms with Crippen LogP contribution in [0.4, 0.5) is 5.69 Å². The van der Waals surface area contributed by atoms with Gasteiger partial charge in [-0.05, 0) is 50.9 Å². The Morgan fingerprint density at radius 3 is 2.96 bits per heavy atom. The number of para-hydroxylation sites is 1. The first-order valence-corrected chi connectivity index (χ1v) is 9.31. The third-order valence-corrected chi connectivity index (χ3v) is 5.38. The number of nitrogens with zero attached hydrogens (tertiary/aromatic N) is 3. The van der Waals surface area contributed by atoms with Gasteiger partial charge in [-0.15, -0.1) is 24.0 Å². The highest BCUT2D eigenvalue weighted by atomic mass is 127. The molecule has 25 heavy (non-hydrogen) atoms. The van der Waals surface area contributed by atoms with Crippen LogP contribution in [0.1, 0.15) is 32.3 Å². The second-order valence-corrected chi connectivity index (χ2v) is 6.95. The first-order chi connectivity index (χ1) is 11.7. The van der Waals surface area contributed by atoms with Crippen LogP contribution in [0.25, 0.3) is 0 Å². The van der Waals surface area contributed by atoms with Gasteiger partial charge in [-0.25, -0.2) is 0 Å². The third kappa shape index (κ3) is 5.00. The molecule has 0 aromatic heterocycles. The lowest BCUT2D eigenvalue weighted by atomic mass is 10.1. The van der Waals surface area contributed by atoms with Crippen LogP contribution in [0.5, 0.6) is 0 Å². The Balaban J connectivity index is 0.00000225. The Bertz CT molecular complexity index is 577. The number of anilines is 1. The van der Waals surface area contributed by atoms with Gasteiger partial charge >= 0.3 is 0 Å². The molecule has 1 aromatic rings. The lowest BCUT2D eigenvalue weighted by molar-refractivity contribution is 0.273. The maximum absolute atomic E-state index is 6.05. The van der Waals surface area contributed by atoms with Crippen molar-refractivity contribution >= 4 is 35.6 Å². The summed E-state index contributed by atoms with van der Waals surface area (Å²) < 4.78 is 0. The van der Waals surface area contributed by atoms with Crippen LogP contribution in [-0.4, -0.2) is 55.7 Å². The predicted molar refractivity (Wildman–Crippen MR) is 117 cm³/mol. The fourth-order valence-corrected chi connectivity index (χ4v) is 4.05. The van der Waals surface area contributed by atoms with Crippen LogP contribution in [-0.2, 0) is 6.42 Å². The minimum Gasteiger partial charge on any atom is -0.370 e. The number of guanidine groups is 1. The summed E-state index contributed by atoms with van der Waals surface area (Å²) in [6.45, 7) is 9.43. The molecule has 2 heterocycles. The number of hydrogen-bond donors (Lipinski definition) is 2. The number of hydrogen-bond acceptors (Lipinski definition) is 3. The molecule has 2 aliphatic heterocycles. The molecule has 3 rings (SSSR count). The quantitative estimate of drug-likeness (QED) is 0.392. The van der Waals surface area contributed by atoms with Gasteiger partial charge in [0.15, 0.2) is 5.96 Å². The number of likely N-dealkylation sites (N-methyl/N-ethyl adjacent to an activating group) is 1. The summed E-state index contributed by atoms with van der Waals surface area (Å²) in [7, 11) is 0. The van der Waals surface area contributed by atoms with Gasteiger partial charge in [0.25, 0.3) is 0 Å². The number of halogens is 1. The van der Waals surface area contributed by atoms with Crippen LogP contribution in [0.3, 0.4) is 0 Å². The van der Waals surface area contributed by atoms with E-state index < -0.39 is 0 Å². The molecule has 2 atom stereocenters. The van der Waals surface area contributed by atoms with Gasteiger partial charge < -0.3 is 16.0 Å². The number of fused-ring (bicyclic) bond motifs is 1. The van der Waals surface area contributed by atoms with Crippen molar-refractivity contribution in [3.05, 3.63) is 29.8 Å². The zero-order valence-corrected chi connectivity index (χ0v) is 17.8. The molecule has 0 aliphatic carbocycles. The zero-order chi connectivity index (χ0) is 16.9. The van der Waals surface area contributed by atoms with Crippen LogP contribution in [0.2, 0.25) is 0 Å². The average molecular weight is 457 g/mol. The largest absolute Gasteiger partial charge is 0.370 e. The average Bonchev–Trinajstić information content (AvgIpc) is 3.17. The summed E-state index contributed by atoms with van der Waals surface area (Å²) in [5, 5.41) is 3.29. The normalized spacial score (nSPS) is 23.4. The van der Waals surface area contributed by atoms with Crippen molar-refractivity contribution in [2.24, 2.45) is 10.7 Å². The summed E-state index contributed by atoms with van der Waals surface area (Å²) in [5.41, 5.74) is 8.87. The van der Waals surface area contributed by atoms with Crippen molar-refractivity contribution < 1.29 is 0 Å². The van der Waals surface area contributed by atoms with Crippen LogP contribution >= 0.6 is 24.0 Å². The molecule has 5 nitrogen and oxygen atoms in total. The number of benzene rings is 1. The molecule has 0 radical (unpaired) electrons. The summed E-state index contributed by atoms with van der Waals surface area (Å²) >= 11 is 0. The number of aliphatic imine (C=N–C) groups is 1. The predicted octanol–water partition coefficient (Wildman–Crippen LogP) is 2.44. The van der Waals surface area contributed by atoms with Gasteiger partial charge in [0.1, 0.15) is 0 Å². The Morgan fingerprint density at radius 2 is 2.16 bits per heavy atom. The minimum absolute atomic E-state index is 0. The molecule has 1 fully saturated rings. The third-order valence-electron chi connectivity index (χ3n) is 5.38. The number of rotatable bonds is 6. The summed E-state index contributed by atoms with van der Waals surface area (Å²) in [5.74, 6) is 0.582. The minimum atomic E-state index is 0. The number of likely N-dealkylation sites (tertiary alicyclic amines) is 1. The molecule has 0 bridgehead atoms. The molecule has 1 saturated heterocycles. The topological polar surface area (TPSA) is 56.9 Å². The van der Waals surface area contributed by atoms with Crippen LogP contribution in [0.15, 0.2) is 29.3 Å². The van der Waals surface area contributed by atoms with Gasteiger partial charge in [-0.3, -0.25) is 9.89 Å². The molecule has 6 heteroatoms. The fraction of sp³-hybridized carbons (Fsp3) is 0.632. The SMILES string of the molecule is CCN1CCCC1CN=C(N)NCCN1c2ccccc2CC1C.I. The number of nitrogens with one attached hydrogen (secondary N) is 1. The Kier molecular flexibility index (Phi) is 7.81. The van der Waals surface area contributed by atoms with E-state index in [4.69, 9.17) is 5.73 Å². The monoisotopic (exact) mass is 457 g/mol. The molecule has 2 unspecified atom stereocenters. The molecule has 0 spiro atoms. The van der Waals surface area contributed by atoms with Gasteiger partial charge in [0, 0.05) is 30.9 Å². The Labute approximate surface area is 169 Å². The van der Waals surface area contributed by atoms with E-state index in [1.807, 2.05) is 0 Å². The van der Waals surface area contributed by atoms with Crippen LogP contribution in [0, 0.1) is 0 Å². The molecule has 1 aromatic carbocycles. The van der Waals surface area contributed by atoms with Crippen LogP contribution < -0.4 is 16.0 Å². The van der Waals surface area contributed by atoms with Crippen molar-refractivity contribution in [2.75, 3.05) is 37.6 Å². The van der Waals surface area contributed by atoms with Crippen molar-refractivity contribution in [1.82, 2.24) is 10.2 Å². The summed E-state index contributed by atoms with van der Waals surface area (Å²) in [6.07, 6.45) is 3.66. The van der Waals surface area contributed by atoms with Crippen molar-refractivity contribution in [3.63, 3.8) is 0 Å². The van der Waals surface area contributed by atoms with E-state index in [0.717, 1.165) is 32.6 Å². The molecule has 3 N–H and O–H groups in total.